The molecule has 1 aromatic carbocycles. The number of benzene rings is 1. The van der Waals surface area contributed by atoms with Gasteiger partial charge in [0.2, 0.25) is 0 Å². The van der Waals surface area contributed by atoms with E-state index in [1.165, 1.54) is 12.1 Å². The number of likely N-dealkylation sites (tertiary alicyclic amines) is 1. The number of hydrogen-bond acceptors (Lipinski definition) is 3. The minimum absolute atomic E-state index is 0. The van der Waals surface area contributed by atoms with Gasteiger partial charge in [0.15, 0.2) is 0 Å². The summed E-state index contributed by atoms with van der Waals surface area (Å²) in [6.07, 6.45) is 5.32. The summed E-state index contributed by atoms with van der Waals surface area (Å²) < 4.78 is 14.8. The summed E-state index contributed by atoms with van der Waals surface area (Å²) in [5.41, 5.74) is 7.38. The third kappa shape index (κ3) is 2.80. The quantitative estimate of drug-likeness (QED) is 0.903. The molecule has 2 aromatic rings. The number of rotatable bonds is 2. The lowest BCUT2D eigenvalue weighted by Crippen LogP contribution is -2.34. The van der Waals surface area contributed by atoms with Gasteiger partial charge in [0, 0.05) is 24.8 Å². The van der Waals surface area contributed by atoms with Crippen LogP contribution >= 0.6 is 12.4 Å². The summed E-state index contributed by atoms with van der Waals surface area (Å²) >= 11 is 0. The molecule has 2 N–H and O–H groups in total. The van der Waals surface area contributed by atoms with Crippen LogP contribution in [0, 0.1) is 17.7 Å². The van der Waals surface area contributed by atoms with Crippen molar-refractivity contribution in [2.24, 2.45) is 17.6 Å². The maximum atomic E-state index is 13.1. The van der Waals surface area contributed by atoms with Crippen molar-refractivity contribution in [2.75, 3.05) is 13.1 Å². The Hall–Kier alpha value is -1.92. The molecule has 3 unspecified atom stereocenters. The molecule has 1 amide bonds. The van der Waals surface area contributed by atoms with Crippen LogP contribution in [0.15, 0.2) is 36.8 Å². The first kappa shape index (κ1) is 16.9. The number of carbonyl (C=O) groups excluding carboxylic acids is 1. The Balaban J connectivity index is 0.00000169. The number of imidazole rings is 1. The minimum atomic E-state index is -0.303. The zero-order valence-corrected chi connectivity index (χ0v) is 14.0. The molecule has 2 fully saturated rings. The summed E-state index contributed by atoms with van der Waals surface area (Å²) in [6, 6.07) is 6.25. The van der Waals surface area contributed by atoms with Crippen LogP contribution in [-0.2, 0) is 0 Å². The number of aromatic nitrogens is 2. The first-order valence-electron chi connectivity index (χ1n) is 7.96. The second-order valence-corrected chi connectivity index (χ2v) is 6.50. The number of carbonyl (C=O) groups is 1. The van der Waals surface area contributed by atoms with Gasteiger partial charge >= 0.3 is 0 Å². The molecule has 1 aliphatic carbocycles. The highest BCUT2D eigenvalue weighted by molar-refractivity contribution is 5.93. The van der Waals surface area contributed by atoms with E-state index in [4.69, 9.17) is 5.73 Å². The number of amides is 1. The molecule has 128 valence electrons. The fourth-order valence-corrected chi connectivity index (χ4v) is 3.90. The summed E-state index contributed by atoms with van der Waals surface area (Å²) in [5.74, 6) is 0.605. The van der Waals surface area contributed by atoms with E-state index in [1.807, 2.05) is 4.90 Å². The highest BCUT2D eigenvalue weighted by atomic mass is 35.5. The van der Waals surface area contributed by atoms with Crippen molar-refractivity contribution in [1.82, 2.24) is 14.5 Å². The van der Waals surface area contributed by atoms with Gasteiger partial charge in [-0.2, -0.15) is 0 Å². The monoisotopic (exact) mass is 350 g/mol. The molecule has 0 radical (unpaired) electrons. The third-order valence-corrected chi connectivity index (χ3v) is 5.16. The second-order valence-electron chi connectivity index (χ2n) is 6.50. The molecule has 1 saturated carbocycles. The van der Waals surface area contributed by atoms with Gasteiger partial charge in [0.05, 0.1) is 12.5 Å². The Morgan fingerprint density at radius 1 is 1.21 bits per heavy atom. The molecule has 24 heavy (non-hydrogen) atoms. The van der Waals surface area contributed by atoms with Gasteiger partial charge in [-0.3, -0.25) is 9.36 Å². The predicted octanol–water partition coefficient (Wildman–Crippen LogP) is 2.24. The van der Waals surface area contributed by atoms with Gasteiger partial charge in [0.25, 0.3) is 5.91 Å². The van der Waals surface area contributed by atoms with Crippen LogP contribution in [0.5, 0.6) is 0 Å². The van der Waals surface area contributed by atoms with Gasteiger partial charge in [0.1, 0.15) is 11.5 Å². The molecule has 2 heterocycles. The predicted molar refractivity (Wildman–Crippen MR) is 90.9 cm³/mol. The Kier molecular flexibility index (Phi) is 4.60. The van der Waals surface area contributed by atoms with E-state index in [-0.39, 0.29) is 30.2 Å². The van der Waals surface area contributed by atoms with Crippen LogP contribution in [0.3, 0.4) is 0 Å². The molecule has 4 rings (SSSR count). The lowest BCUT2D eigenvalue weighted by Gasteiger charge is -2.19. The van der Waals surface area contributed by atoms with E-state index in [1.54, 1.807) is 29.2 Å². The molecule has 3 atom stereocenters. The zero-order chi connectivity index (χ0) is 16.0. The van der Waals surface area contributed by atoms with Crippen molar-refractivity contribution in [3.63, 3.8) is 0 Å². The van der Waals surface area contributed by atoms with E-state index in [9.17, 15) is 9.18 Å². The molecule has 7 heteroatoms. The lowest BCUT2D eigenvalue weighted by atomic mass is 9.98. The highest BCUT2D eigenvalue weighted by Crippen LogP contribution is 2.37. The summed E-state index contributed by atoms with van der Waals surface area (Å²) in [6.45, 7) is 1.49. The smallest absolute Gasteiger partial charge is 0.272 e. The maximum absolute atomic E-state index is 13.1. The van der Waals surface area contributed by atoms with E-state index in [0.29, 0.717) is 17.5 Å². The number of halogens is 2. The molecule has 0 bridgehead atoms. The molecule has 1 saturated heterocycles. The standard InChI is InChI=1S/C17H19FN4O.ClH/c18-12-2-4-13(5-3-12)22-10-20-7-16(22)17(23)21-8-11-1-6-15(19)14(11)9-21;/h2-5,7,10-11,14-15H,1,6,8-9,19H2;1H. The Bertz CT molecular complexity index is 732. The topological polar surface area (TPSA) is 64.2 Å². The van der Waals surface area contributed by atoms with Crippen LogP contribution < -0.4 is 5.73 Å². The normalized spacial score (nSPS) is 25.4. The number of nitrogens with two attached hydrogens (primary N) is 1. The van der Waals surface area contributed by atoms with Crippen molar-refractivity contribution in [3.8, 4) is 5.69 Å². The van der Waals surface area contributed by atoms with Crippen LogP contribution in [-0.4, -0.2) is 39.5 Å². The Morgan fingerprint density at radius 2 is 1.96 bits per heavy atom. The molecular formula is C17H20ClFN4O. The van der Waals surface area contributed by atoms with Gasteiger partial charge in [-0.05, 0) is 48.9 Å². The van der Waals surface area contributed by atoms with Crippen molar-refractivity contribution >= 4 is 18.3 Å². The number of nitrogens with zero attached hydrogens (tertiary/aromatic N) is 3. The highest BCUT2D eigenvalue weighted by Gasteiger charge is 2.43. The Morgan fingerprint density at radius 3 is 2.67 bits per heavy atom. The summed E-state index contributed by atoms with van der Waals surface area (Å²) in [5, 5.41) is 0. The van der Waals surface area contributed by atoms with E-state index >= 15 is 0 Å². The number of hydrogen-bond donors (Lipinski definition) is 1. The minimum Gasteiger partial charge on any atom is -0.337 e. The molecule has 1 aliphatic heterocycles. The first-order valence-corrected chi connectivity index (χ1v) is 7.96. The fraction of sp³-hybridized carbons (Fsp3) is 0.412. The van der Waals surface area contributed by atoms with Gasteiger partial charge in [-0.15, -0.1) is 12.4 Å². The second kappa shape index (κ2) is 6.53. The van der Waals surface area contributed by atoms with Crippen LogP contribution in [0.2, 0.25) is 0 Å². The number of fused-ring (bicyclic) bond motifs is 1. The fourth-order valence-electron chi connectivity index (χ4n) is 3.90. The SMILES string of the molecule is Cl.NC1CCC2CN(C(=O)c3cncn3-c3ccc(F)cc3)CC12. The van der Waals surface area contributed by atoms with Crippen molar-refractivity contribution in [3.05, 3.63) is 48.3 Å². The van der Waals surface area contributed by atoms with E-state index in [2.05, 4.69) is 4.98 Å². The molecule has 5 nitrogen and oxygen atoms in total. The third-order valence-electron chi connectivity index (χ3n) is 5.16. The Labute approximate surface area is 146 Å². The average molecular weight is 351 g/mol. The first-order chi connectivity index (χ1) is 11.1. The van der Waals surface area contributed by atoms with Crippen molar-refractivity contribution in [1.29, 1.82) is 0 Å². The zero-order valence-electron chi connectivity index (χ0n) is 13.1. The summed E-state index contributed by atoms with van der Waals surface area (Å²) in [7, 11) is 0. The average Bonchev–Trinajstić information content (AvgIpc) is 3.25. The van der Waals surface area contributed by atoms with E-state index < -0.39 is 0 Å². The van der Waals surface area contributed by atoms with Gasteiger partial charge in [-0.1, -0.05) is 0 Å². The van der Waals surface area contributed by atoms with Crippen LogP contribution in [0.25, 0.3) is 5.69 Å². The summed E-state index contributed by atoms with van der Waals surface area (Å²) in [4.78, 5) is 18.8. The molecule has 1 aromatic heterocycles. The lowest BCUT2D eigenvalue weighted by molar-refractivity contribution is 0.0771. The molecule has 2 aliphatic rings. The molecular weight excluding hydrogens is 331 g/mol. The largest absolute Gasteiger partial charge is 0.337 e. The van der Waals surface area contributed by atoms with Crippen molar-refractivity contribution < 1.29 is 9.18 Å². The molecule has 0 spiro atoms. The van der Waals surface area contributed by atoms with Gasteiger partial charge in [-0.25, -0.2) is 9.37 Å². The van der Waals surface area contributed by atoms with Crippen molar-refractivity contribution in [2.45, 2.75) is 18.9 Å². The van der Waals surface area contributed by atoms with Crippen LogP contribution in [0.1, 0.15) is 23.3 Å². The van der Waals surface area contributed by atoms with Crippen LogP contribution in [0.4, 0.5) is 4.39 Å². The van der Waals surface area contributed by atoms with E-state index in [0.717, 1.165) is 31.6 Å². The van der Waals surface area contributed by atoms with Gasteiger partial charge < -0.3 is 10.6 Å². The maximum Gasteiger partial charge on any atom is 0.272 e.